The molecule has 0 heterocycles. The SMILES string of the molecule is CCC(C)(NC(=O)c1c(F)cccc1F)C(=O)O. The summed E-state index contributed by atoms with van der Waals surface area (Å²) in [6.45, 7) is 2.82. The molecule has 1 atom stereocenters. The van der Waals surface area contributed by atoms with Gasteiger partial charge in [0.05, 0.1) is 0 Å². The molecule has 4 nitrogen and oxygen atoms in total. The lowest BCUT2D eigenvalue weighted by atomic mass is 9.98. The minimum atomic E-state index is -1.56. The van der Waals surface area contributed by atoms with Gasteiger partial charge in [0.1, 0.15) is 22.7 Å². The monoisotopic (exact) mass is 257 g/mol. The Morgan fingerprint density at radius 2 is 1.83 bits per heavy atom. The normalized spacial score (nSPS) is 13.8. The number of carbonyl (C=O) groups is 2. The van der Waals surface area contributed by atoms with Crippen LogP contribution in [0.15, 0.2) is 18.2 Å². The molecule has 18 heavy (non-hydrogen) atoms. The maximum absolute atomic E-state index is 13.3. The highest BCUT2D eigenvalue weighted by Crippen LogP contribution is 2.15. The quantitative estimate of drug-likeness (QED) is 0.866. The van der Waals surface area contributed by atoms with Gasteiger partial charge >= 0.3 is 5.97 Å². The van der Waals surface area contributed by atoms with Crippen LogP contribution in [0.1, 0.15) is 30.6 Å². The third kappa shape index (κ3) is 2.64. The van der Waals surface area contributed by atoms with Crippen LogP contribution in [0.4, 0.5) is 8.78 Å². The molecule has 0 bridgehead atoms. The van der Waals surface area contributed by atoms with E-state index in [4.69, 9.17) is 5.11 Å². The van der Waals surface area contributed by atoms with E-state index in [1.807, 2.05) is 0 Å². The van der Waals surface area contributed by atoms with E-state index in [0.29, 0.717) is 0 Å². The zero-order valence-corrected chi connectivity index (χ0v) is 9.96. The molecule has 1 amide bonds. The molecule has 1 aromatic rings. The number of benzene rings is 1. The van der Waals surface area contributed by atoms with Crippen LogP contribution in [0.2, 0.25) is 0 Å². The molecule has 1 aromatic carbocycles. The highest BCUT2D eigenvalue weighted by atomic mass is 19.1. The van der Waals surface area contributed by atoms with Gasteiger partial charge < -0.3 is 10.4 Å². The van der Waals surface area contributed by atoms with E-state index >= 15 is 0 Å². The number of nitrogens with one attached hydrogen (secondary N) is 1. The van der Waals surface area contributed by atoms with E-state index in [0.717, 1.165) is 18.2 Å². The van der Waals surface area contributed by atoms with E-state index in [-0.39, 0.29) is 6.42 Å². The molecule has 1 rings (SSSR count). The summed E-state index contributed by atoms with van der Waals surface area (Å²) in [6.07, 6.45) is 0.0874. The van der Waals surface area contributed by atoms with E-state index in [1.165, 1.54) is 6.92 Å². The number of carboxylic acids is 1. The average Bonchev–Trinajstić information content (AvgIpc) is 2.28. The Morgan fingerprint density at radius 3 is 2.22 bits per heavy atom. The van der Waals surface area contributed by atoms with Gasteiger partial charge in [-0.25, -0.2) is 13.6 Å². The number of carbonyl (C=O) groups excluding carboxylic acids is 1. The van der Waals surface area contributed by atoms with Gasteiger partial charge in [-0.15, -0.1) is 0 Å². The molecule has 98 valence electrons. The van der Waals surface area contributed by atoms with Crippen LogP contribution in [0.25, 0.3) is 0 Å². The van der Waals surface area contributed by atoms with Crippen molar-refractivity contribution < 1.29 is 23.5 Å². The Hall–Kier alpha value is -1.98. The molecule has 0 aliphatic heterocycles. The smallest absolute Gasteiger partial charge is 0.329 e. The van der Waals surface area contributed by atoms with Gasteiger partial charge in [0.25, 0.3) is 5.91 Å². The largest absolute Gasteiger partial charge is 0.480 e. The molecule has 0 saturated carbocycles. The van der Waals surface area contributed by atoms with Crippen molar-refractivity contribution in [1.82, 2.24) is 5.32 Å². The lowest BCUT2D eigenvalue weighted by molar-refractivity contribution is -0.143. The topological polar surface area (TPSA) is 66.4 Å². The number of amides is 1. The second kappa shape index (κ2) is 5.12. The van der Waals surface area contributed by atoms with E-state index < -0.39 is 34.6 Å². The molecule has 0 aliphatic rings. The lowest BCUT2D eigenvalue weighted by Gasteiger charge is -2.24. The van der Waals surface area contributed by atoms with Crippen molar-refractivity contribution in [3.63, 3.8) is 0 Å². The fraction of sp³-hybridized carbons (Fsp3) is 0.333. The van der Waals surface area contributed by atoms with Gasteiger partial charge in [-0.3, -0.25) is 4.79 Å². The molecule has 0 fully saturated rings. The summed E-state index contributed by atoms with van der Waals surface area (Å²) in [5.41, 5.74) is -2.34. The van der Waals surface area contributed by atoms with Crippen molar-refractivity contribution in [3.05, 3.63) is 35.4 Å². The molecule has 0 radical (unpaired) electrons. The first kappa shape index (κ1) is 14.1. The first-order chi connectivity index (χ1) is 8.31. The number of aliphatic carboxylic acids is 1. The Morgan fingerprint density at radius 1 is 1.33 bits per heavy atom. The van der Waals surface area contributed by atoms with E-state index in [1.54, 1.807) is 6.92 Å². The van der Waals surface area contributed by atoms with Crippen molar-refractivity contribution in [1.29, 1.82) is 0 Å². The molecule has 0 aromatic heterocycles. The maximum atomic E-state index is 13.3. The lowest BCUT2D eigenvalue weighted by Crippen LogP contribution is -2.52. The Bertz CT molecular complexity index is 470. The van der Waals surface area contributed by atoms with Gasteiger partial charge in [-0.1, -0.05) is 13.0 Å². The number of hydrogen-bond donors (Lipinski definition) is 2. The summed E-state index contributed by atoms with van der Waals surface area (Å²) in [5.74, 6) is -4.42. The minimum absolute atomic E-state index is 0.0874. The van der Waals surface area contributed by atoms with Gasteiger partial charge in [-0.2, -0.15) is 0 Å². The minimum Gasteiger partial charge on any atom is -0.480 e. The summed E-state index contributed by atoms with van der Waals surface area (Å²) in [7, 11) is 0. The van der Waals surface area contributed by atoms with Crippen LogP contribution in [0.3, 0.4) is 0 Å². The second-order valence-corrected chi connectivity index (χ2v) is 4.04. The summed E-state index contributed by atoms with van der Waals surface area (Å²) < 4.78 is 26.7. The van der Waals surface area contributed by atoms with Gasteiger partial charge in [0.2, 0.25) is 0 Å². The molecule has 2 N–H and O–H groups in total. The molecule has 6 heteroatoms. The highest BCUT2D eigenvalue weighted by molar-refractivity contribution is 5.98. The molecular weight excluding hydrogens is 244 g/mol. The van der Waals surface area contributed by atoms with Crippen molar-refractivity contribution in [2.24, 2.45) is 0 Å². The Labute approximate surface area is 103 Å². The first-order valence-corrected chi connectivity index (χ1v) is 5.31. The van der Waals surface area contributed by atoms with Crippen LogP contribution in [-0.2, 0) is 4.79 Å². The van der Waals surface area contributed by atoms with Crippen LogP contribution in [-0.4, -0.2) is 22.5 Å². The molecule has 1 unspecified atom stereocenters. The highest BCUT2D eigenvalue weighted by Gasteiger charge is 2.34. The Balaban J connectivity index is 3.06. The molecule has 0 saturated heterocycles. The number of carboxylic acid groups (broad SMARTS) is 1. The van der Waals surface area contributed by atoms with Crippen molar-refractivity contribution in [2.45, 2.75) is 25.8 Å². The fourth-order valence-electron chi connectivity index (χ4n) is 1.32. The van der Waals surface area contributed by atoms with E-state index in [9.17, 15) is 18.4 Å². The van der Waals surface area contributed by atoms with Crippen molar-refractivity contribution >= 4 is 11.9 Å². The summed E-state index contributed by atoms with van der Waals surface area (Å²) in [6, 6.07) is 2.99. The van der Waals surface area contributed by atoms with Crippen LogP contribution < -0.4 is 5.32 Å². The predicted molar refractivity (Wildman–Crippen MR) is 60.2 cm³/mol. The van der Waals surface area contributed by atoms with Crippen LogP contribution in [0.5, 0.6) is 0 Å². The molecule has 0 spiro atoms. The summed E-state index contributed by atoms with van der Waals surface area (Å²) >= 11 is 0. The van der Waals surface area contributed by atoms with Crippen LogP contribution in [0, 0.1) is 11.6 Å². The summed E-state index contributed by atoms with van der Waals surface area (Å²) in [5, 5.41) is 11.1. The van der Waals surface area contributed by atoms with Gasteiger partial charge in [0, 0.05) is 0 Å². The maximum Gasteiger partial charge on any atom is 0.329 e. The second-order valence-electron chi connectivity index (χ2n) is 4.04. The molecule has 0 aliphatic carbocycles. The van der Waals surface area contributed by atoms with E-state index in [2.05, 4.69) is 5.32 Å². The zero-order valence-electron chi connectivity index (χ0n) is 9.96. The molecular formula is C12H13F2NO3. The fourth-order valence-corrected chi connectivity index (χ4v) is 1.32. The van der Waals surface area contributed by atoms with Gasteiger partial charge in [-0.05, 0) is 25.5 Å². The number of hydrogen-bond acceptors (Lipinski definition) is 2. The van der Waals surface area contributed by atoms with Crippen molar-refractivity contribution in [3.8, 4) is 0 Å². The third-order valence-corrected chi connectivity index (χ3v) is 2.76. The van der Waals surface area contributed by atoms with Gasteiger partial charge in [0.15, 0.2) is 0 Å². The Kier molecular flexibility index (Phi) is 4.00. The number of halogens is 2. The first-order valence-electron chi connectivity index (χ1n) is 5.31. The standard InChI is InChI=1S/C12H13F2NO3/c1-3-12(2,11(17)18)15-10(16)9-7(13)5-4-6-8(9)14/h4-6H,3H2,1-2H3,(H,15,16)(H,17,18). The average molecular weight is 257 g/mol. The van der Waals surface area contributed by atoms with Crippen LogP contribution >= 0.6 is 0 Å². The third-order valence-electron chi connectivity index (χ3n) is 2.76. The van der Waals surface area contributed by atoms with Crippen molar-refractivity contribution in [2.75, 3.05) is 0 Å². The number of rotatable bonds is 4. The zero-order chi connectivity index (χ0) is 13.9. The summed E-state index contributed by atoms with van der Waals surface area (Å²) in [4.78, 5) is 22.7. The predicted octanol–water partition coefficient (Wildman–Crippen LogP) is 1.95.